The Hall–Kier alpha value is -2.08. The Morgan fingerprint density at radius 2 is 1.70 bits per heavy atom. The maximum absolute atomic E-state index is 13.6. The van der Waals surface area contributed by atoms with Crippen molar-refractivity contribution in [2.45, 2.75) is 85.0 Å². The molecule has 0 saturated carbocycles. The fraction of sp³-hybridized carbons (Fsp3) is 0.556. The Morgan fingerprint density at radius 3 is 2.27 bits per heavy atom. The van der Waals surface area contributed by atoms with Crippen LogP contribution in [0.25, 0.3) is 0 Å². The first-order valence-corrected chi connectivity index (χ1v) is 13.5. The lowest BCUT2D eigenvalue weighted by Gasteiger charge is -2.21. The molecule has 0 bridgehead atoms. The van der Waals surface area contributed by atoms with E-state index in [2.05, 4.69) is 27.7 Å². The Bertz CT molecular complexity index is 955. The highest BCUT2D eigenvalue weighted by Gasteiger charge is 2.25. The van der Waals surface area contributed by atoms with Gasteiger partial charge in [-0.3, -0.25) is 0 Å². The smallest absolute Gasteiger partial charge is 0.339 e. The third-order valence-electron chi connectivity index (χ3n) is 5.30. The molecule has 0 saturated heterocycles. The highest BCUT2D eigenvalue weighted by molar-refractivity contribution is 7.87. The number of halogens is 1. The van der Waals surface area contributed by atoms with Crippen LogP contribution in [0.15, 0.2) is 41.3 Å². The van der Waals surface area contributed by atoms with Crippen molar-refractivity contribution in [2.75, 3.05) is 7.11 Å². The van der Waals surface area contributed by atoms with E-state index in [4.69, 9.17) is 8.92 Å². The van der Waals surface area contributed by atoms with Gasteiger partial charge in [0.1, 0.15) is 10.7 Å². The van der Waals surface area contributed by atoms with Gasteiger partial charge in [-0.1, -0.05) is 79.4 Å². The largest absolute Gasteiger partial charge is 0.493 e. The minimum Gasteiger partial charge on any atom is -0.493 e. The van der Waals surface area contributed by atoms with Crippen molar-refractivity contribution in [1.29, 1.82) is 0 Å². The molecule has 2 rings (SSSR count). The second-order valence-corrected chi connectivity index (χ2v) is 10.2. The van der Waals surface area contributed by atoms with E-state index in [9.17, 15) is 12.8 Å². The molecule has 6 heteroatoms. The van der Waals surface area contributed by atoms with Crippen LogP contribution in [0.1, 0.15) is 78.4 Å². The summed E-state index contributed by atoms with van der Waals surface area (Å²) in [6.07, 6.45) is 6.20. The number of benzene rings is 2. The minimum absolute atomic E-state index is 0.207. The summed E-state index contributed by atoms with van der Waals surface area (Å²) < 4.78 is 50.5. The van der Waals surface area contributed by atoms with Crippen LogP contribution in [0.5, 0.6) is 11.5 Å². The summed E-state index contributed by atoms with van der Waals surface area (Å²) in [4.78, 5) is -0.219. The lowest BCUT2D eigenvalue weighted by atomic mass is 9.89. The summed E-state index contributed by atoms with van der Waals surface area (Å²) >= 11 is 0. The molecule has 0 N–H and O–H groups in total. The highest BCUT2D eigenvalue weighted by atomic mass is 32.2. The third-order valence-corrected chi connectivity index (χ3v) is 6.52. The molecule has 4 nitrogen and oxygen atoms in total. The van der Waals surface area contributed by atoms with E-state index in [-0.39, 0.29) is 10.6 Å². The van der Waals surface area contributed by atoms with Crippen molar-refractivity contribution >= 4 is 10.1 Å². The quantitative estimate of drug-likeness (QED) is 0.232. The summed E-state index contributed by atoms with van der Waals surface area (Å²) in [5.41, 5.74) is 1.92. The van der Waals surface area contributed by atoms with E-state index in [1.54, 1.807) is 6.07 Å². The first-order chi connectivity index (χ1) is 15.7. The number of methoxy groups -OCH3 is 1. The van der Waals surface area contributed by atoms with Crippen molar-refractivity contribution in [2.24, 2.45) is 11.8 Å². The maximum atomic E-state index is 13.6. The fourth-order valence-corrected chi connectivity index (χ4v) is 4.72. The molecule has 0 aliphatic carbocycles. The molecular weight excluding hydrogens is 439 g/mol. The Morgan fingerprint density at radius 1 is 1.00 bits per heavy atom. The van der Waals surface area contributed by atoms with Crippen LogP contribution >= 0.6 is 0 Å². The van der Waals surface area contributed by atoms with Crippen molar-refractivity contribution in [3.05, 3.63) is 53.3 Å². The summed E-state index contributed by atoms with van der Waals surface area (Å²) in [5, 5.41) is 0. The van der Waals surface area contributed by atoms with Gasteiger partial charge in [-0.05, 0) is 54.5 Å². The summed E-state index contributed by atoms with van der Waals surface area (Å²) in [5.74, 6) is 0.699. The van der Waals surface area contributed by atoms with Gasteiger partial charge in [-0.25, -0.2) is 4.39 Å². The van der Waals surface area contributed by atoms with Gasteiger partial charge in [-0.15, -0.1) is 0 Å². The number of hydrogen-bond acceptors (Lipinski definition) is 4. The minimum atomic E-state index is -4.21. The average molecular weight is 481 g/mol. The Balaban J connectivity index is 0.00000265. The zero-order valence-corrected chi connectivity index (χ0v) is 22.1. The van der Waals surface area contributed by atoms with Crippen molar-refractivity contribution in [1.82, 2.24) is 0 Å². The Labute approximate surface area is 200 Å². The second kappa shape index (κ2) is 14.2. The van der Waals surface area contributed by atoms with Crippen LogP contribution in [0.3, 0.4) is 0 Å². The van der Waals surface area contributed by atoms with Crippen LogP contribution in [0, 0.1) is 17.7 Å². The number of hydrogen-bond donors (Lipinski definition) is 0. The van der Waals surface area contributed by atoms with Crippen LogP contribution in [-0.2, 0) is 23.0 Å². The van der Waals surface area contributed by atoms with E-state index in [1.807, 2.05) is 19.9 Å². The van der Waals surface area contributed by atoms with Crippen molar-refractivity contribution in [3.63, 3.8) is 0 Å². The summed E-state index contributed by atoms with van der Waals surface area (Å²) in [6.45, 7) is 12.6. The number of rotatable bonds is 12. The first kappa shape index (κ1) is 29.0. The van der Waals surface area contributed by atoms with Gasteiger partial charge in [0.15, 0.2) is 11.5 Å². The molecule has 0 aromatic heterocycles. The topological polar surface area (TPSA) is 52.6 Å². The third kappa shape index (κ3) is 9.00. The van der Waals surface area contributed by atoms with Gasteiger partial charge in [0, 0.05) is 5.56 Å². The molecule has 0 spiro atoms. The molecule has 33 heavy (non-hydrogen) atoms. The maximum Gasteiger partial charge on any atom is 0.339 e. The molecule has 1 unspecified atom stereocenters. The molecule has 1 atom stereocenters. The molecule has 2 aromatic carbocycles. The standard InChI is InChI=1S/C25H35FO4S.C2H6/c1-6-7-8-10-19(4)16-20-13-14-24(29-5)25(23(20)15-18(2)3)30-31(27,28)22-12-9-11-21(26)17-22;1-2/h9,11-14,17-19H,6-8,10,15-16H2,1-5H3;1-2H3. The normalized spacial score (nSPS) is 12.2. The van der Waals surface area contributed by atoms with E-state index in [0.717, 1.165) is 30.0 Å². The zero-order chi connectivity index (χ0) is 25.0. The van der Waals surface area contributed by atoms with Gasteiger partial charge in [0.2, 0.25) is 0 Å². The molecule has 0 aliphatic heterocycles. The first-order valence-electron chi connectivity index (χ1n) is 12.1. The average Bonchev–Trinajstić information content (AvgIpc) is 2.77. The molecule has 0 heterocycles. The fourth-order valence-electron chi connectivity index (χ4n) is 3.72. The summed E-state index contributed by atoms with van der Waals surface area (Å²) in [6, 6.07) is 8.61. The lowest BCUT2D eigenvalue weighted by molar-refractivity contribution is 0.386. The van der Waals surface area contributed by atoms with Gasteiger partial charge >= 0.3 is 10.1 Å². The van der Waals surface area contributed by atoms with Gasteiger partial charge in [-0.2, -0.15) is 8.42 Å². The van der Waals surface area contributed by atoms with E-state index in [1.165, 1.54) is 44.6 Å². The summed E-state index contributed by atoms with van der Waals surface area (Å²) in [7, 11) is -2.72. The van der Waals surface area contributed by atoms with Gasteiger partial charge in [0.05, 0.1) is 7.11 Å². The van der Waals surface area contributed by atoms with Crippen LogP contribution in [-0.4, -0.2) is 15.5 Å². The van der Waals surface area contributed by atoms with Gasteiger partial charge < -0.3 is 8.92 Å². The van der Waals surface area contributed by atoms with E-state index in [0.29, 0.717) is 24.0 Å². The van der Waals surface area contributed by atoms with Crippen LogP contribution < -0.4 is 8.92 Å². The monoisotopic (exact) mass is 480 g/mol. The van der Waals surface area contributed by atoms with E-state index < -0.39 is 15.9 Å². The van der Waals surface area contributed by atoms with Crippen molar-refractivity contribution < 1.29 is 21.7 Å². The molecule has 0 aliphatic rings. The van der Waals surface area contributed by atoms with Crippen molar-refractivity contribution in [3.8, 4) is 11.5 Å². The molecular formula is C27H41FO4S. The second-order valence-electron chi connectivity index (χ2n) is 8.63. The predicted octanol–water partition coefficient (Wildman–Crippen LogP) is 7.59. The molecule has 0 fully saturated rings. The number of ether oxygens (including phenoxy) is 1. The molecule has 2 aromatic rings. The van der Waals surface area contributed by atoms with Crippen LogP contribution in [0.4, 0.5) is 4.39 Å². The zero-order valence-electron chi connectivity index (χ0n) is 21.3. The van der Waals surface area contributed by atoms with E-state index >= 15 is 0 Å². The molecule has 0 amide bonds. The predicted molar refractivity (Wildman–Crippen MR) is 134 cm³/mol. The Kier molecular flexibility index (Phi) is 12.5. The SMILES string of the molecule is CC.CCCCCC(C)Cc1ccc(OC)c(OS(=O)(=O)c2cccc(F)c2)c1CC(C)C. The lowest BCUT2D eigenvalue weighted by Crippen LogP contribution is -2.14. The number of unbranched alkanes of at least 4 members (excludes halogenated alkanes) is 2. The molecule has 186 valence electrons. The highest BCUT2D eigenvalue weighted by Crippen LogP contribution is 2.38. The van der Waals surface area contributed by atoms with Crippen LogP contribution in [0.2, 0.25) is 0 Å². The molecule has 0 radical (unpaired) electrons. The van der Waals surface area contributed by atoms with Gasteiger partial charge in [0.25, 0.3) is 0 Å².